The minimum absolute atomic E-state index is 0.258. The van der Waals surface area contributed by atoms with E-state index in [0.29, 0.717) is 8.58 Å². The summed E-state index contributed by atoms with van der Waals surface area (Å²) in [5, 5.41) is 2.59. The summed E-state index contributed by atoms with van der Waals surface area (Å²) in [6.45, 7) is 3.34. The lowest BCUT2D eigenvalue weighted by Gasteiger charge is -2.17. The second-order valence-corrected chi connectivity index (χ2v) is 8.89. The van der Waals surface area contributed by atoms with Crippen LogP contribution in [0.1, 0.15) is 22.3 Å². The Balaban J connectivity index is 1.92. The molecule has 0 saturated heterocycles. The van der Waals surface area contributed by atoms with E-state index in [-0.39, 0.29) is 6.79 Å². The molecular weight excluding hydrogens is 377 g/mol. The topological polar surface area (TPSA) is 21.7 Å². The van der Waals surface area contributed by atoms with E-state index >= 15 is 0 Å². The van der Waals surface area contributed by atoms with E-state index in [0.717, 1.165) is 18.7 Å². The van der Waals surface area contributed by atoms with Crippen molar-refractivity contribution in [3.05, 3.63) is 89.0 Å². The Kier molecular flexibility index (Phi) is 7.83. The van der Waals surface area contributed by atoms with Crippen molar-refractivity contribution in [3.63, 3.8) is 0 Å². The Morgan fingerprint density at radius 1 is 0.862 bits per heavy atom. The van der Waals surface area contributed by atoms with Crippen LogP contribution in [0.15, 0.2) is 66.7 Å². The third kappa shape index (κ3) is 6.40. The molecule has 0 amide bonds. The molecule has 0 saturated carbocycles. The van der Waals surface area contributed by atoms with Crippen LogP contribution < -0.4 is 15.3 Å². The van der Waals surface area contributed by atoms with Crippen LogP contribution >= 0.6 is 8.58 Å². The van der Waals surface area contributed by atoms with Gasteiger partial charge in [0, 0.05) is 19.0 Å². The number of hydrogen-bond acceptors (Lipinski definition) is 3. The van der Waals surface area contributed by atoms with Crippen molar-refractivity contribution < 1.29 is 9.47 Å². The van der Waals surface area contributed by atoms with E-state index in [1.54, 1.807) is 7.11 Å². The lowest BCUT2D eigenvalue weighted by molar-refractivity contribution is 0.0519. The van der Waals surface area contributed by atoms with Gasteiger partial charge in [-0.1, -0.05) is 68.7 Å². The Labute approximate surface area is 176 Å². The number of ether oxygens (including phenoxy) is 2. The predicted molar refractivity (Wildman–Crippen MR) is 124 cm³/mol. The van der Waals surface area contributed by atoms with Crippen LogP contribution in [-0.4, -0.2) is 32.9 Å². The number of hydrogen-bond donors (Lipinski definition) is 0. The maximum atomic E-state index is 5.88. The molecule has 0 fully saturated rings. The van der Waals surface area contributed by atoms with Gasteiger partial charge in [0.1, 0.15) is 5.75 Å². The highest BCUT2D eigenvalue weighted by molar-refractivity contribution is 7.55. The minimum atomic E-state index is 0.258. The van der Waals surface area contributed by atoms with Crippen molar-refractivity contribution in [1.82, 2.24) is 4.90 Å². The van der Waals surface area contributed by atoms with Crippen LogP contribution in [0.2, 0.25) is 0 Å². The predicted octanol–water partition coefficient (Wildman–Crippen LogP) is 4.26. The minimum Gasteiger partial charge on any atom is -0.467 e. The number of benzene rings is 3. The average Bonchev–Trinajstić information content (AvgIpc) is 2.70. The standard InChI is InChI=1S/C25H30NO2P/c1-19-10-13-24(22(14-19)17-26(2)3)29-25-16-21(11-12-23(25)28-18-27-4)15-20-8-6-5-7-9-20/h5-14,16,29H,15,17-18H2,1-4H3. The zero-order valence-electron chi connectivity index (χ0n) is 17.7. The summed E-state index contributed by atoms with van der Waals surface area (Å²) in [4.78, 5) is 2.22. The van der Waals surface area contributed by atoms with Gasteiger partial charge >= 0.3 is 0 Å². The zero-order valence-corrected chi connectivity index (χ0v) is 18.7. The first-order chi connectivity index (χ1) is 14.0. The lowest BCUT2D eigenvalue weighted by atomic mass is 10.1. The van der Waals surface area contributed by atoms with Crippen LogP contribution in [0, 0.1) is 6.92 Å². The zero-order chi connectivity index (χ0) is 20.6. The largest absolute Gasteiger partial charge is 0.467 e. The second kappa shape index (κ2) is 10.5. The maximum absolute atomic E-state index is 5.88. The van der Waals surface area contributed by atoms with Crippen molar-refractivity contribution in [1.29, 1.82) is 0 Å². The average molecular weight is 407 g/mol. The van der Waals surface area contributed by atoms with E-state index < -0.39 is 0 Å². The molecule has 152 valence electrons. The van der Waals surface area contributed by atoms with Gasteiger partial charge in [0.15, 0.2) is 6.79 Å². The van der Waals surface area contributed by atoms with Crippen LogP contribution in [0.25, 0.3) is 0 Å². The SMILES string of the molecule is COCOc1ccc(Cc2ccccc2)cc1Pc1ccc(C)cc1CN(C)C. The molecule has 1 atom stereocenters. The van der Waals surface area contributed by atoms with Crippen LogP contribution in [0.5, 0.6) is 5.75 Å². The molecule has 0 aliphatic heterocycles. The summed E-state index contributed by atoms with van der Waals surface area (Å²) in [5.41, 5.74) is 5.28. The molecular formula is C25H30NO2P. The molecule has 29 heavy (non-hydrogen) atoms. The van der Waals surface area contributed by atoms with E-state index in [9.17, 15) is 0 Å². The van der Waals surface area contributed by atoms with E-state index in [2.05, 4.69) is 92.6 Å². The van der Waals surface area contributed by atoms with Crippen molar-refractivity contribution in [3.8, 4) is 5.75 Å². The molecule has 0 radical (unpaired) electrons. The molecule has 0 aromatic heterocycles. The van der Waals surface area contributed by atoms with E-state index in [1.165, 1.54) is 32.9 Å². The van der Waals surface area contributed by atoms with E-state index in [1.807, 2.05) is 0 Å². The van der Waals surface area contributed by atoms with Gasteiger partial charge in [-0.25, -0.2) is 0 Å². The summed E-state index contributed by atoms with van der Waals surface area (Å²) in [7, 11) is 6.41. The number of aryl methyl sites for hydroxylation is 1. The van der Waals surface area contributed by atoms with Crippen molar-refractivity contribution in [2.24, 2.45) is 0 Å². The van der Waals surface area contributed by atoms with Gasteiger partial charge < -0.3 is 14.4 Å². The number of methoxy groups -OCH3 is 1. The summed E-state index contributed by atoms with van der Waals surface area (Å²) in [6.07, 6.45) is 0.918. The summed E-state index contributed by atoms with van der Waals surface area (Å²) in [6, 6.07) is 23.9. The summed E-state index contributed by atoms with van der Waals surface area (Å²) in [5.74, 6) is 0.901. The monoisotopic (exact) mass is 407 g/mol. The Bertz CT molecular complexity index is 925. The first-order valence-electron chi connectivity index (χ1n) is 9.85. The third-order valence-electron chi connectivity index (χ3n) is 4.64. The first-order valence-corrected chi connectivity index (χ1v) is 10.8. The molecule has 0 heterocycles. The van der Waals surface area contributed by atoms with Gasteiger partial charge in [0.05, 0.1) is 0 Å². The van der Waals surface area contributed by atoms with Crippen molar-refractivity contribution >= 4 is 19.2 Å². The lowest BCUT2D eigenvalue weighted by Crippen LogP contribution is -2.19. The highest BCUT2D eigenvalue weighted by atomic mass is 31.1. The fraction of sp³-hybridized carbons (Fsp3) is 0.280. The Morgan fingerprint density at radius 2 is 1.66 bits per heavy atom. The molecule has 3 aromatic rings. The number of nitrogens with zero attached hydrogens (tertiary/aromatic N) is 1. The van der Waals surface area contributed by atoms with Gasteiger partial charge in [-0.05, 0) is 61.6 Å². The molecule has 0 bridgehead atoms. The molecule has 3 rings (SSSR count). The highest BCUT2D eigenvalue weighted by Crippen LogP contribution is 2.24. The molecule has 4 heteroatoms. The molecule has 0 spiro atoms. The van der Waals surface area contributed by atoms with E-state index in [4.69, 9.17) is 9.47 Å². The summed E-state index contributed by atoms with van der Waals surface area (Å²) < 4.78 is 11.0. The second-order valence-electron chi connectivity index (χ2n) is 7.57. The first kappa shape index (κ1) is 21.5. The molecule has 1 unspecified atom stereocenters. The highest BCUT2D eigenvalue weighted by Gasteiger charge is 2.11. The Hall–Kier alpha value is -2.19. The third-order valence-corrected chi connectivity index (χ3v) is 6.06. The molecule has 0 aliphatic rings. The fourth-order valence-corrected chi connectivity index (χ4v) is 4.63. The van der Waals surface area contributed by atoms with Gasteiger partial charge in [0.2, 0.25) is 0 Å². The van der Waals surface area contributed by atoms with Crippen molar-refractivity contribution in [2.75, 3.05) is 28.0 Å². The van der Waals surface area contributed by atoms with Crippen LogP contribution in [0.3, 0.4) is 0 Å². The van der Waals surface area contributed by atoms with Gasteiger partial charge in [-0.2, -0.15) is 0 Å². The van der Waals surface area contributed by atoms with Crippen molar-refractivity contribution in [2.45, 2.75) is 19.9 Å². The molecule has 3 nitrogen and oxygen atoms in total. The summed E-state index contributed by atoms with van der Waals surface area (Å²) >= 11 is 0. The molecule has 3 aromatic carbocycles. The fourth-order valence-electron chi connectivity index (χ4n) is 3.33. The molecule has 0 N–H and O–H groups in total. The number of rotatable bonds is 9. The van der Waals surface area contributed by atoms with Crippen LogP contribution in [-0.2, 0) is 17.7 Å². The maximum Gasteiger partial charge on any atom is 0.188 e. The Morgan fingerprint density at radius 3 is 2.38 bits per heavy atom. The molecule has 0 aliphatic carbocycles. The quantitative estimate of drug-likeness (QED) is 0.391. The normalized spacial score (nSPS) is 11.5. The smallest absolute Gasteiger partial charge is 0.188 e. The van der Waals surface area contributed by atoms with Gasteiger partial charge in [-0.15, -0.1) is 0 Å². The van der Waals surface area contributed by atoms with Crippen LogP contribution in [0.4, 0.5) is 0 Å². The van der Waals surface area contributed by atoms with Gasteiger partial charge in [-0.3, -0.25) is 0 Å². The van der Waals surface area contributed by atoms with Gasteiger partial charge in [0.25, 0.3) is 0 Å².